The topological polar surface area (TPSA) is 65.2 Å². The van der Waals surface area contributed by atoms with E-state index >= 15 is 0 Å². The van der Waals surface area contributed by atoms with E-state index in [4.69, 9.17) is 10.5 Å². The average Bonchev–Trinajstić information content (AvgIpc) is 2.38. The lowest BCUT2D eigenvalue weighted by atomic mass is 10.0. The standard InChI is InChI=1S/C13H11FN2O2/c1-18-11-5-3-2-4-8(11)10-7-16-12(14)6-9(10)13(15)17/h2-7H,1H3,(H2,15,17). The van der Waals surface area contributed by atoms with Gasteiger partial charge in [-0.2, -0.15) is 4.39 Å². The summed E-state index contributed by atoms with van der Waals surface area (Å²) in [6.45, 7) is 0. The van der Waals surface area contributed by atoms with Crippen LogP contribution >= 0.6 is 0 Å². The zero-order valence-electron chi connectivity index (χ0n) is 9.68. The van der Waals surface area contributed by atoms with E-state index in [1.54, 1.807) is 24.3 Å². The lowest BCUT2D eigenvalue weighted by molar-refractivity contribution is 0.100. The van der Waals surface area contributed by atoms with Crippen molar-refractivity contribution in [1.82, 2.24) is 4.98 Å². The number of nitrogens with two attached hydrogens (primary N) is 1. The first-order valence-electron chi connectivity index (χ1n) is 5.22. The molecule has 0 bridgehead atoms. The Labute approximate surface area is 103 Å². The Kier molecular flexibility index (Phi) is 3.23. The van der Waals surface area contributed by atoms with Gasteiger partial charge in [0.2, 0.25) is 11.9 Å². The molecule has 2 N–H and O–H groups in total. The van der Waals surface area contributed by atoms with Crippen molar-refractivity contribution in [3.63, 3.8) is 0 Å². The quantitative estimate of drug-likeness (QED) is 0.842. The molecule has 0 unspecified atom stereocenters. The minimum absolute atomic E-state index is 0.0759. The van der Waals surface area contributed by atoms with Gasteiger partial charge in [0.1, 0.15) is 5.75 Å². The van der Waals surface area contributed by atoms with E-state index < -0.39 is 11.9 Å². The third-order valence-electron chi connectivity index (χ3n) is 2.53. The number of nitrogens with zero attached hydrogens (tertiary/aromatic N) is 1. The number of para-hydroxylation sites is 1. The summed E-state index contributed by atoms with van der Waals surface area (Å²) < 4.78 is 18.2. The van der Waals surface area contributed by atoms with Gasteiger partial charge >= 0.3 is 0 Å². The number of ether oxygens (including phenoxy) is 1. The van der Waals surface area contributed by atoms with Gasteiger partial charge < -0.3 is 10.5 Å². The van der Waals surface area contributed by atoms with E-state index in [9.17, 15) is 9.18 Å². The summed E-state index contributed by atoms with van der Waals surface area (Å²) in [6, 6.07) is 8.09. The predicted molar refractivity (Wildman–Crippen MR) is 64.7 cm³/mol. The molecule has 0 saturated carbocycles. The van der Waals surface area contributed by atoms with Crippen LogP contribution in [0.5, 0.6) is 5.75 Å². The van der Waals surface area contributed by atoms with E-state index in [2.05, 4.69) is 4.98 Å². The molecule has 0 spiro atoms. The fourth-order valence-electron chi connectivity index (χ4n) is 1.72. The Hall–Kier alpha value is -2.43. The summed E-state index contributed by atoms with van der Waals surface area (Å²) in [5.41, 5.74) is 6.40. The number of hydrogen-bond donors (Lipinski definition) is 1. The summed E-state index contributed by atoms with van der Waals surface area (Å²) in [5.74, 6) is -0.895. The second-order valence-corrected chi connectivity index (χ2v) is 3.62. The summed E-state index contributed by atoms with van der Waals surface area (Å²) in [5, 5.41) is 0. The molecule has 0 atom stereocenters. The molecule has 18 heavy (non-hydrogen) atoms. The normalized spacial score (nSPS) is 10.1. The van der Waals surface area contributed by atoms with Crippen LogP contribution in [-0.2, 0) is 0 Å². The van der Waals surface area contributed by atoms with Gasteiger partial charge in [-0.25, -0.2) is 4.98 Å². The smallest absolute Gasteiger partial charge is 0.249 e. The first-order valence-corrected chi connectivity index (χ1v) is 5.22. The van der Waals surface area contributed by atoms with Gasteiger partial charge in [-0.3, -0.25) is 4.79 Å². The molecule has 1 amide bonds. The lowest BCUT2D eigenvalue weighted by Gasteiger charge is -2.10. The molecule has 92 valence electrons. The van der Waals surface area contributed by atoms with Crippen molar-refractivity contribution in [2.45, 2.75) is 0 Å². The number of hydrogen-bond acceptors (Lipinski definition) is 3. The molecule has 5 heteroatoms. The van der Waals surface area contributed by atoms with Crippen LogP contribution in [0.2, 0.25) is 0 Å². The van der Waals surface area contributed by atoms with Crippen molar-refractivity contribution >= 4 is 5.91 Å². The molecule has 2 rings (SSSR count). The first kappa shape index (κ1) is 12.0. The van der Waals surface area contributed by atoms with Crippen LogP contribution in [0.15, 0.2) is 36.5 Å². The number of pyridine rings is 1. The number of rotatable bonds is 3. The SMILES string of the molecule is COc1ccccc1-c1cnc(F)cc1C(N)=O. The molecule has 1 heterocycles. The summed E-state index contributed by atoms with van der Waals surface area (Å²) in [6.07, 6.45) is 1.27. The maximum atomic E-state index is 13.1. The molecule has 4 nitrogen and oxygen atoms in total. The second-order valence-electron chi connectivity index (χ2n) is 3.62. The molecule has 0 aliphatic carbocycles. The number of carbonyl (C=O) groups is 1. The molecule has 1 aromatic heterocycles. The third kappa shape index (κ3) is 2.15. The Morgan fingerprint density at radius 2 is 2.06 bits per heavy atom. The molecule has 0 aliphatic heterocycles. The van der Waals surface area contributed by atoms with E-state index in [0.29, 0.717) is 16.9 Å². The first-order chi connectivity index (χ1) is 8.63. The number of aromatic nitrogens is 1. The van der Waals surface area contributed by atoms with Crippen LogP contribution in [-0.4, -0.2) is 18.0 Å². The van der Waals surface area contributed by atoms with Crippen molar-refractivity contribution in [3.05, 3.63) is 48.0 Å². The third-order valence-corrected chi connectivity index (χ3v) is 2.53. The highest BCUT2D eigenvalue weighted by atomic mass is 19.1. The Morgan fingerprint density at radius 1 is 1.33 bits per heavy atom. The van der Waals surface area contributed by atoms with Crippen LogP contribution in [0.25, 0.3) is 11.1 Å². The minimum atomic E-state index is -0.748. The molecule has 0 saturated heterocycles. The van der Waals surface area contributed by atoms with E-state index in [1.807, 2.05) is 0 Å². The maximum absolute atomic E-state index is 13.1. The van der Waals surface area contributed by atoms with Gasteiger partial charge in [0.15, 0.2) is 0 Å². The van der Waals surface area contributed by atoms with Crippen LogP contribution in [0.3, 0.4) is 0 Å². The fraction of sp³-hybridized carbons (Fsp3) is 0.0769. The zero-order chi connectivity index (χ0) is 13.1. The zero-order valence-corrected chi connectivity index (χ0v) is 9.68. The lowest BCUT2D eigenvalue weighted by Crippen LogP contribution is -2.13. The molecular formula is C13H11FN2O2. The van der Waals surface area contributed by atoms with Gasteiger partial charge in [0.25, 0.3) is 0 Å². The van der Waals surface area contributed by atoms with Gasteiger partial charge in [-0.1, -0.05) is 18.2 Å². The minimum Gasteiger partial charge on any atom is -0.496 e. The van der Waals surface area contributed by atoms with E-state index in [0.717, 1.165) is 6.07 Å². The molecular weight excluding hydrogens is 235 g/mol. The van der Waals surface area contributed by atoms with Crippen LogP contribution in [0.1, 0.15) is 10.4 Å². The maximum Gasteiger partial charge on any atom is 0.249 e. The highest BCUT2D eigenvalue weighted by Gasteiger charge is 2.15. The van der Waals surface area contributed by atoms with Crippen molar-refractivity contribution in [3.8, 4) is 16.9 Å². The van der Waals surface area contributed by atoms with Crippen molar-refractivity contribution < 1.29 is 13.9 Å². The molecule has 1 aromatic carbocycles. The monoisotopic (exact) mass is 246 g/mol. The Morgan fingerprint density at radius 3 is 2.72 bits per heavy atom. The number of primary amides is 1. The molecule has 0 aliphatic rings. The largest absolute Gasteiger partial charge is 0.496 e. The average molecular weight is 246 g/mol. The van der Waals surface area contributed by atoms with E-state index in [-0.39, 0.29) is 5.56 Å². The van der Waals surface area contributed by atoms with Crippen LogP contribution < -0.4 is 10.5 Å². The van der Waals surface area contributed by atoms with Gasteiger partial charge in [-0.15, -0.1) is 0 Å². The van der Waals surface area contributed by atoms with Gasteiger partial charge in [0.05, 0.1) is 12.7 Å². The van der Waals surface area contributed by atoms with Gasteiger partial charge in [0, 0.05) is 23.4 Å². The molecule has 2 aromatic rings. The van der Waals surface area contributed by atoms with Crippen molar-refractivity contribution in [2.24, 2.45) is 5.73 Å². The number of amides is 1. The van der Waals surface area contributed by atoms with Crippen molar-refractivity contribution in [2.75, 3.05) is 7.11 Å². The summed E-state index contributed by atoms with van der Waals surface area (Å²) >= 11 is 0. The summed E-state index contributed by atoms with van der Waals surface area (Å²) in [7, 11) is 1.51. The van der Waals surface area contributed by atoms with Crippen LogP contribution in [0, 0.1) is 5.95 Å². The highest BCUT2D eigenvalue weighted by Crippen LogP contribution is 2.31. The van der Waals surface area contributed by atoms with Crippen LogP contribution in [0.4, 0.5) is 4.39 Å². The predicted octanol–water partition coefficient (Wildman–Crippen LogP) is 2.00. The number of carbonyl (C=O) groups excluding carboxylic acids is 1. The van der Waals surface area contributed by atoms with Gasteiger partial charge in [-0.05, 0) is 6.07 Å². The second kappa shape index (κ2) is 4.83. The Balaban J connectivity index is 2.67. The Bertz CT molecular complexity index is 599. The summed E-state index contributed by atoms with van der Waals surface area (Å²) in [4.78, 5) is 14.9. The fourth-order valence-corrected chi connectivity index (χ4v) is 1.72. The molecule has 0 radical (unpaired) electrons. The number of methoxy groups -OCH3 is 1. The van der Waals surface area contributed by atoms with Crippen molar-refractivity contribution in [1.29, 1.82) is 0 Å². The highest BCUT2D eigenvalue weighted by molar-refractivity contribution is 6.00. The number of benzene rings is 1. The molecule has 0 fully saturated rings. The number of halogens is 1. The van der Waals surface area contributed by atoms with E-state index in [1.165, 1.54) is 13.3 Å².